The molecule has 1 heteroatoms. The van der Waals surface area contributed by atoms with Crippen molar-refractivity contribution in [2.24, 2.45) is 17.3 Å². The van der Waals surface area contributed by atoms with Crippen LogP contribution in [0.25, 0.3) is 0 Å². The first-order chi connectivity index (χ1) is 5.39. The first-order valence-corrected chi connectivity index (χ1v) is 4.58. The van der Waals surface area contributed by atoms with Gasteiger partial charge in [-0.05, 0) is 25.2 Å². The quantitative estimate of drug-likeness (QED) is 0.547. The van der Waals surface area contributed by atoms with Crippen LogP contribution in [0.5, 0.6) is 0 Å². The minimum Gasteiger partial charge on any atom is -0.299 e. The van der Waals surface area contributed by atoms with Crippen molar-refractivity contribution in [3.63, 3.8) is 0 Å². The number of rotatable bonds is 1. The van der Waals surface area contributed by atoms with Gasteiger partial charge in [-0.1, -0.05) is 32.9 Å². The fourth-order valence-corrected chi connectivity index (χ4v) is 2.14. The maximum Gasteiger partial charge on any atom is 0.136 e. The number of carbonyl (C=O) groups is 1. The molecule has 1 nitrogen and oxygen atoms in total. The van der Waals surface area contributed by atoms with Gasteiger partial charge >= 0.3 is 0 Å². The molecule has 0 aromatic carbocycles. The average molecular weight is 166 g/mol. The Morgan fingerprint density at radius 1 is 1.58 bits per heavy atom. The molecule has 0 saturated heterocycles. The lowest BCUT2D eigenvalue weighted by molar-refractivity contribution is -0.127. The van der Waals surface area contributed by atoms with E-state index in [1.54, 1.807) is 6.92 Å². The third kappa shape index (κ3) is 1.12. The number of ketones is 1. The minimum absolute atomic E-state index is 0.142. The molecule has 1 aliphatic carbocycles. The fourth-order valence-electron chi connectivity index (χ4n) is 2.14. The predicted molar refractivity (Wildman–Crippen MR) is 50.9 cm³/mol. The Morgan fingerprint density at radius 2 is 2.08 bits per heavy atom. The topological polar surface area (TPSA) is 17.1 Å². The van der Waals surface area contributed by atoms with Crippen LogP contribution in [-0.4, -0.2) is 5.78 Å². The predicted octanol–water partition coefficient (Wildman–Crippen LogP) is 2.81. The van der Waals surface area contributed by atoms with Gasteiger partial charge in [-0.25, -0.2) is 0 Å². The van der Waals surface area contributed by atoms with E-state index in [0.29, 0.717) is 17.6 Å². The summed E-state index contributed by atoms with van der Waals surface area (Å²) in [5.74, 6) is 1.25. The van der Waals surface area contributed by atoms with Gasteiger partial charge in [-0.3, -0.25) is 4.79 Å². The number of allylic oxidation sites excluding steroid dienone is 1. The molecule has 68 valence electrons. The Bertz CT molecular complexity index is 227. The van der Waals surface area contributed by atoms with Gasteiger partial charge < -0.3 is 0 Å². The summed E-state index contributed by atoms with van der Waals surface area (Å²) in [6, 6.07) is 0. The number of hydrogen-bond donors (Lipinski definition) is 0. The van der Waals surface area contributed by atoms with Gasteiger partial charge in [-0.2, -0.15) is 0 Å². The lowest BCUT2D eigenvalue weighted by Crippen LogP contribution is -2.29. The van der Waals surface area contributed by atoms with E-state index in [9.17, 15) is 4.79 Å². The number of Topliss-reactive ketones (excluding diaryl/α,β-unsaturated/α-hetero) is 1. The van der Waals surface area contributed by atoms with Crippen LogP contribution in [0.3, 0.4) is 0 Å². The van der Waals surface area contributed by atoms with Crippen molar-refractivity contribution >= 4 is 5.78 Å². The highest BCUT2D eigenvalue weighted by Gasteiger charge is 2.45. The van der Waals surface area contributed by atoms with Crippen molar-refractivity contribution in [2.75, 3.05) is 0 Å². The normalized spacial score (nSPS) is 41.8. The number of carbonyl (C=O) groups excluding carboxylic acids is 1. The third-order valence-corrected chi connectivity index (χ3v) is 3.80. The molecule has 0 amide bonds. The smallest absolute Gasteiger partial charge is 0.136 e. The minimum atomic E-state index is -0.142. The average Bonchev–Trinajstić information content (AvgIpc) is 2.17. The van der Waals surface area contributed by atoms with Crippen LogP contribution in [0.1, 0.15) is 34.1 Å². The maximum atomic E-state index is 11.4. The van der Waals surface area contributed by atoms with E-state index in [-0.39, 0.29) is 5.41 Å². The summed E-state index contributed by atoms with van der Waals surface area (Å²) >= 11 is 0. The van der Waals surface area contributed by atoms with Crippen LogP contribution >= 0.6 is 0 Å². The summed E-state index contributed by atoms with van der Waals surface area (Å²) in [5, 5.41) is 0. The van der Waals surface area contributed by atoms with Gasteiger partial charge in [-0.15, -0.1) is 0 Å². The summed E-state index contributed by atoms with van der Waals surface area (Å²) in [6.07, 6.45) is 0.880. The molecular formula is C11H18O. The van der Waals surface area contributed by atoms with E-state index in [1.165, 1.54) is 5.57 Å². The van der Waals surface area contributed by atoms with Gasteiger partial charge in [0.1, 0.15) is 5.78 Å². The van der Waals surface area contributed by atoms with Crippen LogP contribution < -0.4 is 0 Å². The standard InChI is InChI=1S/C11H18O/c1-7-6-11(5,10(4)12)9(3)8(7)2/h8-9H,1,6H2,2-5H3/t8?,9-,11+/m0/s1. The molecule has 0 aromatic rings. The molecule has 0 heterocycles. The SMILES string of the molecule is C=C1C[C@@](C)(C(C)=O)[C@@H](C)C1C. The molecule has 0 aromatic heterocycles. The second kappa shape index (κ2) is 2.72. The summed E-state index contributed by atoms with van der Waals surface area (Å²) in [6.45, 7) is 12.1. The first kappa shape index (κ1) is 9.50. The Hall–Kier alpha value is -0.590. The Labute approximate surface area is 74.9 Å². The highest BCUT2D eigenvalue weighted by molar-refractivity contribution is 5.83. The monoisotopic (exact) mass is 166 g/mol. The van der Waals surface area contributed by atoms with E-state index >= 15 is 0 Å². The number of hydrogen-bond acceptors (Lipinski definition) is 1. The van der Waals surface area contributed by atoms with Crippen molar-refractivity contribution in [3.05, 3.63) is 12.2 Å². The van der Waals surface area contributed by atoms with Gasteiger partial charge in [0, 0.05) is 5.41 Å². The molecule has 0 N–H and O–H groups in total. The first-order valence-electron chi connectivity index (χ1n) is 4.58. The Morgan fingerprint density at radius 3 is 2.25 bits per heavy atom. The van der Waals surface area contributed by atoms with Crippen molar-refractivity contribution in [1.82, 2.24) is 0 Å². The van der Waals surface area contributed by atoms with Gasteiger partial charge in [0.2, 0.25) is 0 Å². The molecule has 1 rings (SSSR count). The van der Waals surface area contributed by atoms with E-state index < -0.39 is 0 Å². The Kier molecular flexibility index (Phi) is 2.15. The molecule has 1 saturated carbocycles. The highest BCUT2D eigenvalue weighted by Crippen LogP contribution is 2.49. The highest BCUT2D eigenvalue weighted by atomic mass is 16.1. The summed E-state index contributed by atoms with van der Waals surface area (Å²) in [7, 11) is 0. The Balaban J connectivity index is 2.97. The molecule has 0 bridgehead atoms. The van der Waals surface area contributed by atoms with Gasteiger partial charge in [0.25, 0.3) is 0 Å². The molecule has 3 atom stereocenters. The molecule has 12 heavy (non-hydrogen) atoms. The van der Waals surface area contributed by atoms with Crippen molar-refractivity contribution in [1.29, 1.82) is 0 Å². The van der Waals surface area contributed by atoms with Crippen LogP contribution in [0, 0.1) is 17.3 Å². The molecule has 1 aliphatic rings. The lowest BCUT2D eigenvalue weighted by Gasteiger charge is -2.26. The molecule has 0 radical (unpaired) electrons. The second-order valence-electron chi connectivity index (χ2n) is 4.39. The largest absolute Gasteiger partial charge is 0.299 e. The van der Waals surface area contributed by atoms with Crippen molar-refractivity contribution in [3.8, 4) is 0 Å². The third-order valence-electron chi connectivity index (χ3n) is 3.80. The zero-order chi connectivity index (χ0) is 9.52. The van der Waals surface area contributed by atoms with Crippen molar-refractivity contribution < 1.29 is 4.79 Å². The zero-order valence-electron chi connectivity index (χ0n) is 8.48. The summed E-state index contributed by atoms with van der Waals surface area (Å²) in [4.78, 5) is 11.4. The van der Waals surface area contributed by atoms with E-state index in [2.05, 4.69) is 27.4 Å². The molecular weight excluding hydrogens is 148 g/mol. The molecule has 1 fully saturated rings. The van der Waals surface area contributed by atoms with Crippen LogP contribution in [-0.2, 0) is 4.79 Å². The molecule has 0 spiro atoms. The summed E-state index contributed by atoms with van der Waals surface area (Å²) in [5.41, 5.74) is 1.09. The maximum absolute atomic E-state index is 11.4. The fraction of sp³-hybridized carbons (Fsp3) is 0.727. The van der Waals surface area contributed by atoms with Crippen LogP contribution in [0.2, 0.25) is 0 Å². The van der Waals surface area contributed by atoms with E-state index in [0.717, 1.165) is 6.42 Å². The lowest BCUT2D eigenvalue weighted by atomic mass is 9.76. The summed E-state index contributed by atoms with van der Waals surface area (Å²) < 4.78 is 0. The van der Waals surface area contributed by atoms with Crippen LogP contribution in [0.4, 0.5) is 0 Å². The zero-order valence-corrected chi connectivity index (χ0v) is 8.48. The van der Waals surface area contributed by atoms with Crippen LogP contribution in [0.15, 0.2) is 12.2 Å². The van der Waals surface area contributed by atoms with E-state index in [4.69, 9.17) is 0 Å². The van der Waals surface area contributed by atoms with Gasteiger partial charge in [0.05, 0.1) is 0 Å². The van der Waals surface area contributed by atoms with Crippen molar-refractivity contribution in [2.45, 2.75) is 34.1 Å². The molecule has 1 unspecified atom stereocenters. The molecule has 0 aliphatic heterocycles. The van der Waals surface area contributed by atoms with Gasteiger partial charge in [0.15, 0.2) is 0 Å². The second-order valence-corrected chi connectivity index (χ2v) is 4.39. The van der Waals surface area contributed by atoms with E-state index in [1.807, 2.05) is 0 Å².